The van der Waals surface area contributed by atoms with Crippen molar-refractivity contribution in [1.29, 1.82) is 0 Å². The number of carbonyl (C=O) groups excluding carboxylic acids is 1. The lowest BCUT2D eigenvalue weighted by molar-refractivity contribution is -0.138. The van der Waals surface area contributed by atoms with Gasteiger partial charge in [-0.2, -0.15) is 0 Å². The standard InChI is InChI=1S/C16H24N2O2/c17-10-12-3-5-13(6-4-12)16(19)18(14-7-8-14)11-15-2-1-9-20-15/h1-2,9,12-14H,3-8,10-11,17H2. The van der Waals surface area contributed by atoms with Crippen molar-refractivity contribution in [3.05, 3.63) is 24.2 Å². The van der Waals surface area contributed by atoms with Gasteiger partial charge in [-0.25, -0.2) is 0 Å². The van der Waals surface area contributed by atoms with Crippen LogP contribution in [0.5, 0.6) is 0 Å². The first-order chi connectivity index (χ1) is 9.78. The molecule has 0 bridgehead atoms. The van der Waals surface area contributed by atoms with Gasteiger partial charge in [0, 0.05) is 12.0 Å². The zero-order valence-corrected chi connectivity index (χ0v) is 12.0. The molecule has 3 rings (SSSR count). The lowest BCUT2D eigenvalue weighted by Crippen LogP contribution is -2.39. The smallest absolute Gasteiger partial charge is 0.226 e. The number of furan rings is 1. The third-order valence-corrected chi connectivity index (χ3v) is 4.71. The number of hydrogen-bond donors (Lipinski definition) is 1. The molecule has 20 heavy (non-hydrogen) atoms. The van der Waals surface area contributed by atoms with Crippen molar-refractivity contribution in [1.82, 2.24) is 4.90 Å². The van der Waals surface area contributed by atoms with Crippen LogP contribution in [0.25, 0.3) is 0 Å². The Morgan fingerprint density at radius 2 is 2.00 bits per heavy atom. The predicted octanol–water partition coefficient (Wildman–Crippen LogP) is 2.54. The van der Waals surface area contributed by atoms with E-state index in [1.165, 1.54) is 0 Å². The molecule has 0 aliphatic heterocycles. The Kier molecular flexibility index (Phi) is 4.10. The first-order valence-electron chi connectivity index (χ1n) is 7.81. The summed E-state index contributed by atoms with van der Waals surface area (Å²) >= 11 is 0. The van der Waals surface area contributed by atoms with Gasteiger partial charge < -0.3 is 15.1 Å². The highest BCUT2D eigenvalue weighted by Crippen LogP contribution is 2.34. The molecule has 0 spiro atoms. The molecular weight excluding hydrogens is 252 g/mol. The molecule has 1 amide bonds. The maximum absolute atomic E-state index is 12.8. The quantitative estimate of drug-likeness (QED) is 0.899. The fourth-order valence-corrected chi connectivity index (χ4v) is 3.22. The molecule has 1 heterocycles. The van der Waals surface area contributed by atoms with E-state index in [0.29, 0.717) is 24.4 Å². The summed E-state index contributed by atoms with van der Waals surface area (Å²) < 4.78 is 5.40. The minimum Gasteiger partial charge on any atom is -0.467 e. The van der Waals surface area contributed by atoms with E-state index < -0.39 is 0 Å². The first kappa shape index (κ1) is 13.7. The summed E-state index contributed by atoms with van der Waals surface area (Å²) in [6, 6.07) is 4.28. The van der Waals surface area contributed by atoms with Crippen LogP contribution in [0.2, 0.25) is 0 Å². The SMILES string of the molecule is NCC1CCC(C(=O)N(Cc2ccco2)C2CC2)CC1. The third kappa shape index (κ3) is 3.06. The second-order valence-electron chi connectivity index (χ2n) is 6.23. The van der Waals surface area contributed by atoms with E-state index in [1.54, 1.807) is 6.26 Å². The Bertz CT molecular complexity index is 431. The summed E-state index contributed by atoms with van der Waals surface area (Å²) in [5.74, 6) is 2.05. The second-order valence-corrected chi connectivity index (χ2v) is 6.23. The molecule has 4 heteroatoms. The van der Waals surface area contributed by atoms with E-state index >= 15 is 0 Å². The summed E-state index contributed by atoms with van der Waals surface area (Å²) in [5, 5.41) is 0. The van der Waals surface area contributed by atoms with Gasteiger partial charge in [-0.3, -0.25) is 4.79 Å². The van der Waals surface area contributed by atoms with Crippen LogP contribution in [0.1, 0.15) is 44.3 Å². The average Bonchev–Trinajstić information content (AvgIpc) is 3.21. The molecular formula is C16H24N2O2. The lowest BCUT2D eigenvalue weighted by atomic mass is 9.81. The Labute approximate surface area is 120 Å². The number of amides is 1. The van der Waals surface area contributed by atoms with Crippen molar-refractivity contribution >= 4 is 5.91 Å². The van der Waals surface area contributed by atoms with Gasteiger partial charge in [0.05, 0.1) is 12.8 Å². The van der Waals surface area contributed by atoms with Gasteiger partial charge in [-0.1, -0.05) is 0 Å². The fourth-order valence-electron chi connectivity index (χ4n) is 3.22. The summed E-state index contributed by atoms with van der Waals surface area (Å²) in [6.07, 6.45) is 8.18. The maximum Gasteiger partial charge on any atom is 0.226 e. The van der Waals surface area contributed by atoms with E-state index in [4.69, 9.17) is 10.2 Å². The minimum atomic E-state index is 0.202. The summed E-state index contributed by atoms with van der Waals surface area (Å²) in [4.78, 5) is 14.8. The highest BCUT2D eigenvalue weighted by atomic mass is 16.3. The normalized spacial score (nSPS) is 26.4. The average molecular weight is 276 g/mol. The summed E-state index contributed by atoms with van der Waals surface area (Å²) in [5.41, 5.74) is 5.73. The fraction of sp³-hybridized carbons (Fsp3) is 0.688. The number of carbonyl (C=O) groups is 1. The Hall–Kier alpha value is -1.29. The highest BCUT2D eigenvalue weighted by molar-refractivity contribution is 5.79. The molecule has 0 unspecified atom stereocenters. The van der Waals surface area contributed by atoms with Crippen molar-refractivity contribution in [3.8, 4) is 0 Å². The molecule has 4 nitrogen and oxygen atoms in total. The number of rotatable bonds is 5. The summed E-state index contributed by atoms with van der Waals surface area (Å²) in [6.45, 7) is 1.40. The molecule has 0 radical (unpaired) electrons. The molecule has 110 valence electrons. The van der Waals surface area contributed by atoms with Crippen molar-refractivity contribution < 1.29 is 9.21 Å². The molecule has 1 aromatic heterocycles. The number of nitrogens with zero attached hydrogens (tertiary/aromatic N) is 1. The van der Waals surface area contributed by atoms with Crippen LogP contribution in [0.15, 0.2) is 22.8 Å². The molecule has 2 aliphatic carbocycles. The first-order valence-corrected chi connectivity index (χ1v) is 7.81. The van der Waals surface area contributed by atoms with E-state index in [0.717, 1.165) is 50.8 Å². The molecule has 2 N–H and O–H groups in total. The van der Waals surface area contributed by atoms with Gasteiger partial charge in [-0.05, 0) is 63.1 Å². The molecule has 2 fully saturated rings. The van der Waals surface area contributed by atoms with Crippen molar-refractivity contribution in [2.24, 2.45) is 17.6 Å². The van der Waals surface area contributed by atoms with Crippen LogP contribution in [-0.2, 0) is 11.3 Å². The van der Waals surface area contributed by atoms with Crippen LogP contribution in [-0.4, -0.2) is 23.4 Å². The molecule has 2 saturated carbocycles. The van der Waals surface area contributed by atoms with Crippen LogP contribution >= 0.6 is 0 Å². The van der Waals surface area contributed by atoms with Gasteiger partial charge in [0.1, 0.15) is 5.76 Å². The molecule has 0 saturated heterocycles. The van der Waals surface area contributed by atoms with Gasteiger partial charge >= 0.3 is 0 Å². The second kappa shape index (κ2) is 6.00. The van der Waals surface area contributed by atoms with Crippen LogP contribution in [0.3, 0.4) is 0 Å². The Morgan fingerprint density at radius 1 is 1.25 bits per heavy atom. The lowest BCUT2D eigenvalue weighted by Gasteiger charge is -2.31. The van der Waals surface area contributed by atoms with Crippen molar-refractivity contribution in [3.63, 3.8) is 0 Å². The maximum atomic E-state index is 12.8. The topological polar surface area (TPSA) is 59.5 Å². The van der Waals surface area contributed by atoms with Crippen LogP contribution in [0.4, 0.5) is 0 Å². The largest absolute Gasteiger partial charge is 0.467 e. The van der Waals surface area contributed by atoms with E-state index in [-0.39, 0.29) is 5.92 Å². The van der Waals surface area contributed by atoms with Crippen LogP contribution in [0, 0.1) is 11.8 Å². The number of nitrogens with two attached hydrogens (primary N) is 1. The third-order valence-electron chi connectivity index (χ3n) is 4.71. The van der Waals surface area contributed by atoms with Crippen molar-refractivity contribution in [2.45, 2.75) is 51.1 Å². The van der Waals surface area contributed by atoms with E-state index in [2.05, 4.69) is 0 Å². The van der Waals surface area contributed by atoms with Crippen LogP contribution < -0.4 is 5.73 Å². The van der Waals surface area contributed by atoms with Gasteiger partial charge in [0.15, 0.2) is 0 Å². The zero-order chi connectivity index (χ0) is 13.9. The Morgan fingerprint density at radius 3 is 2.55 bits per heavy atom. The monoisotopic (exact) mass is 276 g/mol. The summed E-state index contributed by atoms with van der Waals surface area (Å²) in [7, 11) is 0. The van der Waals surface area contributed by atoms with Gasteiger partial charge in [0.2, 0.25) is 5.91 Å². The van der Waals surface area contributed by atoms with E-state index in [1.807, 2.05) is 17.0 Å². The number of hydrogen-bond acceptors (Lipinski definition) is 3. The van der Waals surface area contributed by atoms with E-state index in [9.17, 15) is 4.79 Å². The predicted molar refractivity (Wildman–Crippen MR) is 76.8 cm³/mol. The highest BCUT2D eigenvalue weighted by Gasteiger charge is 2.37. The van der Waals surface area contributed by atoms with Gasteiger partial charge in [-0.15, -0.1) is 0 Å². The van der Waals surface area contributed by atoms with Gasteiger partial charge in [0.25, 0.3) is 0 Å². The zero-order valence-electron chi connectivity index (χ0n) is 12.0. The Balaban J connectivity index is 1.61. The van der Waals surface area contributed by atoms with Crippen molar-refractivity contribution in [2.75, 3.05) is 6.54 Å². The molecule has 2 aliphatic rings. The molecule has 0 aromatic carbocycles. The minimum absolute atomic E-state index is 0.202. The molecule has 1 aromatic rings. The molecule has 0 atom stereocenters.